The molecule has 2 rings (SSSR count). The lowest BCUT2D eigenvalue weighted by molar-refractivity contribution is -0.143. The highest BCUT2D eigenvalue weighted by Gasteiger charge is 2.41. The summed E-state index contributed by atoms with van der Waals surface area (Å²) >= 11 is 0. The maximum absolute atomic E-state index is 11.2. The summed E-state index contributed by atoms with van der Waals surface area (Å²) in [5.41, 5.74) is 1.15. The van der Waals surface area contributed by atoms with Crippen LogP contribution in [-0.2, 0) is 14.3 Å². The summed E-state index contributed by atoms with van der Waals surface area (Å²) in [4.78, 5) is 22.0. The minimum absolute atomic E-state index is 0.209. The van der Waals surface area contributed by atoms with Gasteiger partial charge in [-0.3, -0.25) is 4.79 Å². The first-order valence-electron chi connectivity index (χ1n) is 5.55. The largest absolute Gasteiger partial charge is 0.461 e. The molecule has 0 unspecified atom stereocenters. The molecule has 0 bridgehead atoms. The fourth-order valence-electron chi connectivity index (χ4n) is 2.60. The van der Waals surface area contributed by atoms with E-state index in [2.05, 4.69) is 6.58 Å². The Bertz CT molecular complexity index is 295. The molecule has 3 atom stereocenters. The van der Waals surface area contributed by atoms with Crippen molar-refractivity contribution in [3.05, 3.63) is 12.2 Å². The van der Waals surface area contributed by atoms with Gasteiger partial charge >= 0.3 is 5.97 Å². The van der Waals surface area contributed by atoms with Gasteiger partial charge in [-0.15, -0.1) is 0 Å². The molecule has 0 radical (unpaired) electrons. The van der Waals surface area contributed by atoms with E-state index < -0.39 is 0 Å². The molecule has 0 spiro atoms. The van der Waals surface area contributed by atoms with Gasteiger partial charge in [-0.25, -0.2) is 0 Å². The standard InChI is InChI=1S/C12H16O3/c1-8-4-2-3-5-10(8)12-9(7-13)6-11(14)15-12/h7,9-10,12H,1-6H2/t9-,10+,12+/m0/s1. The van der Waals surface area contributed by atoms with Gasteiger partial charge in [-0.1, -0.05) is 18.6 Å². The fraction of sp³-hybridized carbons (Fsp3) is 0.667. The molecule has 2 fully saturated rings. The van der Waals surface area contributed by atoms with E-state index in [1.165, 1.54) is 6.42 Å². The van der Waals surface area contributed by atoms with Crippen LogP contribution in [0.4, 0.5) is 0 Å². The summed E-state index contributed by atoms with van der Waals surface area (Å²) in [5.74, 6) is -0.284. The second-order valence-electron chi connectivity index (χ2n) is 4.47. The highest BCUT2D eigenvalue weighted by Crippen LogP contribution is 2.37. The van der Waals surface area contributed by atoms with Gasteiger partial charge in [-0.05, 0) is 19.3 Å². The molecule has 82 valence electrons. The van der Waals surface area contributed by atoms with Crippen molar-refractivity contribution in [1.29, 1.82) is 0 Å². The van der Waals surface area contributed by atoms with E-state index in [0.717, 1.165) is 31.1 Å². The molecule has 0 aromatic rings. The van der Waals surface area contributed by atoms with Crippen molar-refractivity contribution in [1.82, 2.24) is 0 Å². The van der Waals surface area contributed by atoms with Crippen molar-refractivity contribution >= 4 is 12.3 Å². The summed E-state index contributed by atoms with van der Waals surface area (Å²) in [5, 5.41) is 0. The van der Waals surface area contributed by atoms with Crippen LogP contribution < -0.4 is 0 Å². The van der Waals surface area contributed by atoms with E-state index in [0.29, 0.717) is 0 Å². The smallest absolute Gasteiger partial charge is 0.306 e. The minimum atomic E-state index is -0.252. The molecule has 3 nitrogen and oxygen atoms in total. The minimum Gasteiger partial charge on any atom is -0.461 e. The third-order valence-corrected chi connectivity index (χ3v) is 3.45. The number of ether oxygens (including phenoxy) is 1. The molecule has 1 heterocycles. The van der Waals surface area contributed by atoms with Crippen LogP contribution in [0.25, 0.3) is 0 Å². The van der Waals surface area contributed by atoms with Crippen LogP contribution in [0.1, 0.15) is 32.1 Å². The number of hydrogen-bond donors (Lipinski definition) is 0. The Morgan fingerprint density at radius 3 is 2.87 bits per heavy atom. The zero-order chi connectivity index (χ0) is 10.8. The van der Waals surface area contributed by atoms with E-state index >= 15 is 0 Å². The van der Waals surface area contributed by atoms with E-state index in [-0.39, 0.29) is 30.3 Å². The number of aldehydes is 1. The number of cyclic esters (lactones) is 1. The summed E-state index contributed by atoms with van der Waals surface area (Å²) in [6, 6.07) is 0. The van der Waals surface area contributed by atoms with Crippen molar-refractivity contribution < 1.29 is 14.3 Å². The zero-order valence-corrected chi connectivity index (χ0v) is 8.78. The van der Waals surface area contributed by atoms with E-state index in [9.17, 15) is 9.59 Å². The van der Waals surface area contributed by atoms with Crippen LogP contribution >= 0.6 is 0 Å². The molecule has 0 amide bonds. The monoisotopic (exact) mass is 208 g/mol. The maximum Gasteiger partial charge on any atom is 0.306 e. The lowest BCUT2D eigenvalue weighted by Crippen LogP contribution is -2.30. The molecular formula is C12H16O3. The van der Waals surface area contributed by atoms with Gasteiger partial charge in [0, 0.05) is 5.92 Å². The second kappa shape index (κ2) is 4.17. The first-order chi connectivity index (χ1) is 7.22. The van der Waals surface area contributed by atoms with Gasteiger partial charge in [-0.2, -0.15) is 0 Å². The molecule has 0 N–H and O–H groups in total. The van der Waals surface area contributed by atoms with Gasteiger partial charge in [0.15, 0.2) is 0 Å². The Labute approximate surface area is 89.5 Å². The van der Waals surface area contributed by atoms with E-state index in [1.807, 2.05) is 0 Å². The van der Waals surface area contributed by atoms with Gasteiger partial charge in [0.2, 0.25) is 0 Å². The predicted molar refractivity (Wildman–Crippen MR) is 55.1 cm³/mol. The van der Waals surface area contributed by atoms with Crippen molar-refractivity contribution in [3.8, 4) is 0 Å². The highest BCUT2D eigenvalue weighted by molar-refractivity contribution is 5.77. The quantitative estimate of drug-likeness (QED) is 0.395. The van der Waals surface area contributed by atoms with Gasteiger partial charge < -0.3 is 9.53 Å². The predicted octanol–water partition coefficient (Wildman–Crippen LogP) is 1.86. The molecule has 0 aromatic carbocycles. The van der Waals surface area contributed by atoms with Crippen LogP contribution in [-0.4, -0.2) is 18.4 Å². The average molecular weight is 208 g/mol. The van der Waals surface area contributed by atoms with E-state index in [1.54, 1.807) is 0 Å². The summed E-state index contributed by atoms with van der Waals surface area (Å²) in [7, 11) is 0. The summed E-state index contributed by atoms with van der Waals surface area (Å²) < 4.78 is 5.24. The lowest BCUT2D eigenvalue weighted by atomic mass is 9.78. The van der Waals surface area contributed by atoms with Gasteiger partial charge in [0.05, 0.1) is 12.3 Å². The van der Waals surface area contributed by atoms with E-state index in [4.69, 9.17) is 4.74 Å². The molecule has 0 aromatic heterocycles. The van der Waals surface area contributed by atoms with Crippen LogP contribution in [0.15, 0.2) is 12.2 Å². The van der Waals surface area contributed by atoms with Crippen LogP contribution in [0.5, 0.6) is 0 Å². The first-order valence-corrected chi connectivity index (χ1v) is 5.55. The average Bonchev–Trinajstić information content (AvgIpc) is 2.60. The third kappa shape index (κ3) is 1.96. The van der Waals surface area contributed by atoms with Crippen molar-refractivity contribution in [3.63, 3.8) is 0 Å². The molecule has 1 aliphatic carbocycles. The normalized spacial score (nSPS) is 36.4. The van der Waals surface area contributed by atoms with Gasteiger partial charge in [0.1, 0.15) is 12.4 Å². The Morgan fingerprint density at radius 1 is 1.40 bits per heavy atom. The molecule has 15 heavy (non-hydrogen) atoms. The molecular weight excluding hydrogens is 192 g/mol. The Balaban J connectivity index is 2.10. The second-order valence-corrected chi connectivity index (χ2v) is 4.47. The Kier molecular flexibility index (Phi) is 2.89. The highest BCUT2D eigenvalue weighted by atomic mass is 16.6. The lowest BCUT2D eigenvalue weighted by Gasteiger charge is -2.30. The molecule has 1 saturated heterocycles. The topological polar surface area (TPSA) is 43.4 Å². The third-order valence-electron chi connectivity index (χ3n) is 3.45. The number of carbonyl (C=O) groups excluding carboxylic acids is 2. The number of hydrogen-bond acceptors (Lipinski definition) is 3. The number of esters is 1. The summed E-state index contributed by atoms with van der Waals surface area (Å²) in [6.45, 7) is 4.03. The van der Waals surface area contributed by atoms with Crippen LogP contribution in [0.3, 0.4) is 0 Å². The molecule has 2 aliphatic rings. The maximum atomic E-state index is 11.2. The Morgan fingerprint density at radius 2 is 2.20 bits per heavy atom. The fourth-order valence-corrected chi connectivity index (χ4v) is 2.60. The number of carbonyl (C=O) groups is 2. The van der Waals surface area contributed by atoms with Gasteiger partial charge in [0.25, 0.3) is 0 Å². The van der Waals surface area contributed by atoms with Crippen molar-refractivity contribution in [2.75, 3.05) is 0 Å². The SMILES string of the molecule is C=C1CCCC[C@H]1[C@@H]1OC(=O)C[C@H]1C=O. The van der Waals surface area contributed by atoms with Crippen LogP contribution in [0.2, 0.25) is 0 Å². The number of rotatable bonds is 2. The molecule has 3 heteroatoms. The molecule has 1 saturated carbocycles. The molecule has 1 aliphatic heterocycles. The summed E-state index contributed by atoms with van der Waals surface area (Å²) in [6.07, 6.45) is 5.19. The first kappa shape index (κ1) is 10.4. The van der Waals surface area contributed by atoms with Crippen molar-refractivity contribution in [2.45, 2.75) is 38.2 Å². The Hall–Kier alpha value is -1.12. The van der Waals surface area contributed by atoms with Crippen molar-refractivity contribution in [2.24, 2.45) is 11.8 Å². The zero-order valence-electron chi connectivity index (χ0n) is 8.78. The van der Waals surface area contributed by atoms with Crippen LogP contribution in [0, 0.1) is 11.8 Å².